The van der Waals surface area contributed by atoms with Gasteiger partial charge in [-0.05, 0) is 59.4 Å². The minimum atomic E-state index is -0.223. The molecule has 2 N–H and O–H groups in total. The Labute approximate surface area is 184 Å². The van der Waals surface area contributed by atoms with Crippen LogP contribution in [0.15, 0.2) is 6.07 Å². The Balaban J connectivity index is 1.48. The van der Waals surface area contributed by atoms with Crippen LogP contribution in [0.4, 0.5) is 0 Å². The zero-order valence-electron chi connectivity index (χ0n) is 19.3. The standard InChI is InChI=1S/C24H35N5O2/c1-15-20-18(23(31)26-13-12-25-22(30)17-8-6-5-7-9-17)14-19(16-10-11-16)27-21(20)29(28-15)24(2,3)4/h14,16-17H,5-13H2,1-4H3,(H,25,30)(H,26,31). The summed E-state index contributed by atoms with van der Waals surface area (Å²) in [6, 6.07) is 1.94. The van der Waals surface area contributed by atoms with Crippen molar-refractivity contribution in [3.05, 3.63) is 23.0 Å². The summed E-state index contributed by atoms with van der Waals surface area (Å²) in [5.74, 6) is 0.571. The summed E-state index contributed by atoms with van der Waals surface area (Å²) in [6.45, 7) is 9.08. The number of hydrogen-bond acceptors (Lipinski definition) is 4. The first kappa shape index (κ1) is 21.8. The van der Waals surface area contributed by atoms with E-state index in [4.69, 9.17) is 10.1 Å². The predicted molar refractivity (Wildman–Crippen MR) is 121 cm³/mol. The van der Waals surface area contributed by atoms with Crippen molar-refractivity contribution in [3.63, 3.8) is 0 Å². The van der Waals surface area contributed by atoms with Crippen LogP contribution in [-0.2, 0) is 10.3 Å². The molecule has 2 fully saturated rings. The monoisotopic (exact) mass is 425 g/mol. The lowest BCUT2D eigenvalue weighted by atomic mass is 9.89. The number of hydrogen-bond donors (Lipinski definition) is 2. The number of amides is 2. The second kappa shape index (κ2) is 8.60. The Kier molecular flexibility index (Phi) is 6.04. The highest BCUT2D eigenvalue weighted by atomic mass is 16.2. The maximum Gasteiger partial charge on any atom is 0.252 e. The topological polar surface area (TPSA) is 88.9 Å². The highest BCUT2D eigenvalue weighted by Gasteiger charge is 2.30. The largest absolute Gasteiger partial charge is 0.354 e. The highest BCUT2D eigenvalue weighted by Crippen LogP contribution is 2.41. The SMILES string of the molecule is Cc1nn(C(C)(C)C)c2nc(C3CC3)cc(C(=O)NCCNC(=O)C3CCCCC3)c12. The Hall–Kier alpha value is -2.44. The van der Waals surface area contributed by atoms with Gasteiger partial charge in [-0.25, -0.2) is 9.67 Å². The van der Waals surface area contributed by atoms with Crippen molar-refractivity contribution in [2.24, 2.45) is 5.92 Å². The maximum atomic E-state index is 13.1. The fourth-order valence-electron chi connectivity index (χ4n) is 4.51. The minimum absolute atomic E-state index is 0.124. The van der Waals surface area contributed by atoms with Gasteiger partial charge in [0.15, 0.2) is 5.65 Å². The van der Waals surface area contributed by atoms with Gasteiger partial charge in [-0.15, -0.1) is 0 Å². The van der Waals surface area contributed by atoms with Crippen molar-refractivity contribution in [3.8, 4) is 0 Å². The van der Waals surface area contributed by atoms with E-state index in [0.717, 1.165) is 60.9 Å². The molecule has 168 valence electrons. The summed E-state index contributed by atoms with van der Waals surface area (Å²) in [4.78, 5) is 30.3. The molecule has 2 aromatic heterocycles. The number of rotatable bonds is 6. The van der Waals surface area contributed by atoms with Gasteiger partial charge in [0.2, 0.25) is 5.91 Å². The molecule has 31 heavy (non-hydrogen) atoms. The van der Waals surface area contributed by atoms with Gasteiger partial charge in [-0.1, -0.05) is 19.3 Å². The first-order chi connectivity index (χ1) is 14.8. The number of nitrogens with zero attached hydrogens (tertiary/aromatic N) is 3. The molecule has 2 aliphatic carbocycles. The molecule has 0 bridgehead atoms. The molecule has 0 radical (unpaired) electrons. The van der Waals surface area contributed by atoms with E-state index in [1.54, 1.807) is 0 Å². The zero-order chi connectivity index (χ0) is 22.2. The molecule has 0 spiro atoms. The number of fused-ring (bicyclic) bond motifs is 1. The first-order valence-electron chi connectivity index (χ1n) is 11.7. The van der Waals surface area contributed by atoms with E-state index in [2.05, 4.69) is 31.4 Å². The Morgan fingerprint density at radius 3 is 2.39 bits per heavy atom. The van der Waals surface area contributed by atoms with Crippen LogP contribution < -0.4 is 10.6 Å². The number of nitrogens with one attached hydrogen (secondary N) is 2. The van der Waals surface area contributed by atoms with Gasteiger partial charge in [0.1, 0.15) is 0 Å². The van der Waals surface area contributed by atoms with Crippen LogP contribution in [-0.4, -0.2) is 39.7 Å². The van der Waals surface area contributed by atoms with Gasteiger partial charge in [-0.2, -0.15) is 5.10 Å². The third-order valence-corrected chi connectivity index (χ3v) is 6.39. The van der Waals surface area contributed by atoms with E-state index >= 15 is 0 Å². The normalized spacial score (nSPS) is 17.7. The Morgan fingerprint density at radius 2 is 1.74 bits per heavy atom. The maximum absolute atomic E-state index is 13.1. The van der Waals surface area contributed by atoms with Crippen molar-refractivity contribution >= 4 is 22.8 Å². The highest BCUT2D eigenvalue weighted by molar-refractivity contribution is 6.06. The summed E-state index contributed by atoms with van der Waals surface area (Å²) >= 11 is 0. The van der Waals surface area contributed by atoms with Crippen LogP contribution in [0.5, 0.6) is 0 Å². The average Bonchev–Trinajstić information content (AvgIpc) is 3.53. The van der Waals surface area contributed by atoms with Gasteiger partial charge < -0.3 is 10.6 Å². The molecule has 0 aliphatic heterocycles. The van der Waals surface area contributed by atoms with Gasteiger partial charge in [-0.3, -0.25) is 9.59 Å². The van der Waals surface area contributed by atoms with Crippen LogP contribution in [0.1, 0.15) is 93.4 Å². The van der Waals surface area contributed by atoms with E-state index < -0.39 is 0 Å². The van der Waals surface area contributed by atoms with Crippen LogP contribution >= 0.6 is 0 Å². The van der Waals surface area contributed by atoms with E-state index in [1.165, 1.54) is 6.42 Å². The molecule has 0 unspecified atom stereocenters. The molecule has 4 rings (SSSR count). The molecule has 2 aromatic rings. The Bertz CT molecular complexity index is 978. The molecular formula is C24H35N5O2. The van der Waals surface area contributed by atoms with Crippen molar-refractivity contribution in [1.82, 2.24) is 25.4 Å². The molecule has 0 saturated heterocycles. The fraction of sp³-hybridized carbons (Fsp3) is 0.667. The number of carbonyl (C=O) groups excluding carboxylic acids is 2. The number of carbonyl (C=O) groups is 2. The number of aryl methyl sites for hydroxylation is 1. The second-order valence-corrected chi connectivity index (χ2v) is 10.1. The van der Waals surface area contributed by atoms with E-state index in [1.807, 2.05) is 17.7 Å². The predicted octanol–water partition coefficient (Wildman–Crippen LogP) is 3.80. The van der Waals surface area contributed by atoms with E-state index in [9.17, 15) is 9.59 Å². The quantitative estimate of drug-likeness (QED) is 0.689. The van der Waals surface area contributed by atoms with Crippen LogP contribution in [0.2, 0.25) is 0 Å². The molecular weight excluding hydrogens is 390 g/mol. The van der Waals surface area contributed by atoms with Crippen molar-refractivity contribution in [2.45, 2.75) is 84.1 Å². The Morgan fingerprint density at radius 1 is 1.06 bits per heavy atom. The van der Waals surface area contributed by atoms with Gasteiger partial charge in [0.25, 0.3) is 5.91 Å². The number of aromatic nitrogens is 3. The summed E-state index contributed by atoms with van der Waals surface area (Å²) in [5, 5.41) is 11.5. The molecule has 0 atom stereocenters. The molecule has 7 heteroatoms. The van der Waals surface area contributed by atoms with Crippen LogP contribution in [0.25, 0.3) is 11.0 Å². The van der Waals surface area contributed by atoms with E-state index in [0.29, 0.717) is 24.6 Å². The smallest absolute Gasteiger partial charge is 0.252 e. The molecule has 2 saturated carbocycles. The summed E-state index contributed by atoms with van der Waals surface area (Å²) in [5.41, 5.74) is 2.99. The zero-order valence-corrected chi connectivity index (χ0v) is 19.3. The van der Waals surface area contributed by atoms with Crippen molar-refractivity contribution in [1.29, 1.82) is 0 Å². The average molecular weight is 426 g/mol. The summed E-state index contributed by atoms with van der Waals surface area (Å²) < 4.78 is 1.94. The summed E-state index contributed by atoms with van der Waals surface area (Å²) in [7, 11) is 0. The van der Waals surface area contributed by atoms with Crippen LogP contribution in [0.3, 0.4) is 0 Å². The van der Waals surface area contributed by atoms with Crippen LogP contribution in [0, 0.1) is 12.8 Å². The third kappa shape index (κ3) is 4.75. The van der Waals surface area contributed by atoms with Crippen molar-refractivity contribution in [2.75, 3.05) is 13.1 Å². The lowest BCUT2D eigenvalue weighted by molar-refractivity contribution is -0.125. The summed E-state index contributed by atoms with van der Waals surface area (Å²) in [6.07, 6.45) is 7.71. The van der Waals surface area contributed by atoms with Gasteiger partial charge in [0, 0.05) is 30.6 Å². The second-order valence-electron chi connectivity index (χ2n) is 10.1. The van der Waals surface area contributed by atoms with Gasteiger partial charge >= 0.3 is 0 Å². The molecule has 2 amide bonds. The minimum Gasteiger partial charge on any atom is -0.354 e. The molecule has 2 heterocycles. The first-order valence-corrected chi connectivity index (χ1v) is 11.7. The molecule has 0 aromatic carbocycles. The lowest BCUT2D eigenvalue weighted by Crippen LogP contribution is -2.38. The number of pyridine rings is 1. The van der Waals surface area contributed by atoms with E-state index in [-0.39, 0.29) is 23.3 Å². The fourth-order valence-corrected chi connectivity index (χ4v) is 4.51. The molecule has 7 nitrogen and oxygen atoms in total. The lowest BCUT2D eigenvalue weighted by Gasteiger charge is -2.21. The van der Waals surface area contributed by atoms with Crippen molar-refractivity contribution < 1.29 is 9.59 Å². The third-order valence-electron chi connectivity index (χ3n) is 6.39. The molecule has 2 aliphatic rings. The van der Waals surface area contributed by atoms with Gasteiger partial charge in [0.05, 0.1) is 22.2 Å².